The molecular weight excluding hydrogens is 366 g/mol. The summed E-state index contributed by atoms with van der Waals surface area (Å²) in [5.41, 5.74) is 2.57. The summed E-state index contributed by atoms with van der Waals surface area (Å²) in [6, 6.07) is 12.8. The molecule has 0 saturated heterocycles. The molecular formula is C21H22ClNO4. The zero-order chi connectivity index (χ0) is 19.8. The van der Waals surface area contributed by atoms with E-state index in [4.69, 9.17) is 21.1 Å². The topological polar surface area (TPSA) is 64.6 Å². The normalized spacial score (nSPS) is 11.9. The Kier molecular flexibility index (Phi) is 7.44. The summed E-state index contributed by atoms with van der Waals surface area (Å²) in [5.74, 6) is -0.310. The first-order valence-corrected chi connectivity index (χ1v) is 8.83. The van der Waals surface area contributed by atoms with E-state index in [0.29, 0.717) is 10.8 Å². The third-order valence-corrected chi connectivity index (χ3v) is 4.32. The molecule has 2 rings (SSSR count). The lowest BCUT2D eigenvalue weighted by atomic mass is 10.1. The first-order chi connectivity index (χ1) is 12.9. The molecule has 27 heavy (non-hydrogen) atoms. The van der Waals surface area contributed by atoms with Gasteiger partial charge in [-0.05, 0) is 43.2 Å². The fourth-order valence-corrected chi connectivity index (χ4v) is 2.51. The predicted octanol–water partition coefficient (Wildman–Crippen LogP) is 3.92. The third kappa shape index (κ3) is 6.15. The van der Waals surface area contributed by atoms with Crippen LogP contribution in [0, 0.1) is 6.92 Å². The molecule has 0 heterocycles. The van der Waals surface area contributed by atoms with Crippen molar-refractivity contribution < 1.29 is 19.1 Å². The molecule has 0 aliphatic carbocycles. The number of carbonyl (C=O) groups excluding carboxylic acids is 2. The second kappa shape index (κ2) is 9.78. The quantitative estimate of drug-likeness (QED) is 0.577. The minimum Gasteiger partial charge on any atom is -0.496 e. The molecule has 2 aromatic carbocycles. The molecule has 5 nitrogen and oxygen atoms in total. The summed E-state index contributed by atoms with van der Waals surface area (Å²) >= 11 is 6.05. The summed E-state index contributed by atoms with van der Waals surface area (Å²) in [7, 11) is 1.57. The number of amides is 1. The lowest BCUT2D eigenvalue weighted by Gasteiger charge is -2.13. The summed E-state index contributed by atoms with van der Waals surface area (Å²) in [4.78, 5) is 24.1. The van der Waals surface area contributed by atoms with Gasteiger partial charge in [-0.3, -0.25) is 4.79 Å². The van der Waals surface area contributed by atoms with Crippen molar-refractivity contribution in [3.63, 3.8) is 0 Å². The lowest BCUT2D eigenvalue weighted by Crippen LogP contribution is -2.35. The van der Waals surface area contributed by atoms with Crippen molar-refractivity contribution in [1.82, 2.24) is 5.32 Å². The molecule has 0 aromatic heterocycles. The van der Waals surface area contributed by atoms with Gasteiger partial charge in [-0.2, -0.15) is 0 Å². The van der Waals surface area contributed by atoms with Crippen molar-refractivity contribution >= 4 is 29.6 Å². The highest BCUT2D eigenvalue weighted by atomic mass is 35.5. The predicted molar refractivity (Wildman–Crippen MR) is 106 cm³/mol. The van der Waals surface area contributed by atoms with Crippen molar-refractivity contribution in [3.05, 3.63) is 70.3 Å². The van der Waals surface area contributed by atoms with Crippen LogP contribution < -0.4 is 10.1 Å². The maximum Gasteiger partial charge on any atom is 0.331 e. The maximum absolute atomic E-state index is 12.1. The first kappa shape index (κ1) is 20.5. The van der Waals surface area contributed by atoms with Crippen LogP contribution in [0.5, 0.6) is 5.75 Å². The van der Waals surface area contributed by atoms with E-state index in [9.17, 15) is 9.59 Å². The number of benzene rings is 2. The first-order valence-electron chi connectivity index (χ1n) is 8.45. The summed E-state index contributed by atoms with van der Waals surface area (Å²) < 4.78 is 10.4. The van der Waals surface area contributed by atoms with Crippen LogP contribution in [0.1, 0.15) is 23.6 Å². The average molecular weight is 388 g/mol. The highest BCUT2D eigenvalue weighted by molar-refractivity contribution is 6.31. The van der Waals surface area contributed by atoms with Gasteiger partial charge in [-0.1, -0.05) is 41.9 Å². The molecule has 0 aliphatic rings. The molecule has 0 fully saturated rings. The Hall–Kier alpha value is -2.79. The van der Waals surface area contributed by atoms with Crippen LogP contribution in [-0.4, -0.2) is 25.1 Å². The number of carbonyl (C=O) groups is 2. The van der Waals surface area contributed by atoms with Crippen LogP contribution in [0.25, 0.3) is 6.08 Å². The van der Waals surface area contributed by atoms with Crippen LogP contribution in [0.3, 0.4) is 0 Å². The van der Waals surface area contributed by atoms with Crippen LogP contribution >= 0.6 is 11.6 Å². The highest BCUT2D eigenvalue weighted by Gasteiger charge is 2.16. The monoisotopic (exact) mass is 387 g/mol. The Morgan fingerprint density at radius 1 is 1.22 bits per heavy atom. The van der Waals surface area contributed by atoms with Gasteiger partial charge >= 0.3 is 5.97 Å². The van der Waals surface area contributed by atoms with Gasteiger partial charge in [0.15, 0.2) is 6.10 Å². The molecule has 1 atom stereocenters. The highest BCUT2D eigenvalue weighted by Crippen LogP contribution is 2.18. The second-order valence-corrected chi connectivity index (χ2v) is 6.36. The Morgan fingerprint density at radius 3 is 2.67 bits per heavy atom. The lowest BCUT2D eigenvalue weighted by molar-refractivity contribution is -0.150. The molecule has 1 amide bonds. The number of hydrogen-bond donors (Lipinski definition) is 1. The summed E-state index contributed by atoms with van der Waals surface area (Å²) in [6.45, 7) is 3.70. The fraction of sp³-hybridized carbons (Fsp3) is 0.238. The van der Waals surface area contributed by atoms with Gasteiger partial charge < -0.3 is 14.8 Å². The Morgan fingerprint density at radius 2 is 1.96 bits per heavy atom. The molecule has 1 N–H and O–H groups in total. The number of para-hydroxylation sites is 1. The van der Waals surface area contributed by atoms with Gasteiger partial charge in [0.25, 0.3) is 5.91 Å². The maximum atomic E-state index is 12.1. The third-order valence-electron chi connectivity index (χ3n) is 3.92. The molecule has 0 unspecified atom stereocenters. The molecule has 0 saturated carbocycles. The van der Waals surface area contributed by atoms with Crippen molar-refractivity contribution in [1.29, 1.82) is 0 Å². The minimum atomic E-state index is -0.918. The van der Waals surface area contributed by atoms with Crippen LogP contribution in [-0.2, 0) is 20.9 Å². The standard InChI is InChI=1S/C21H22ClNO4/c1-14-8-9-16(12-18(14)22)10-11-20(24)27-15(2)21(25)23-13-17-6-4-5-7-19(17)26-3/h4-12,15H,13H2,1-3H3,(H,23,25)/b11-10+/t15-/m0/s1. The van der Waals surface area contributed by atoms with Crippen molar-refractivity contribution in [2.24, 2.45) is 0 Å². The van der Waals surface area contributed by atoms with Crippen molar-refractivity contribution in [2.75, 3.05) is 7.11 Å². The summed E-state index contributed by atoms with van der Waals surface area (Å²) in [6.07, 6.45) is 1.94. The molecule has 6 heteroatoms. The number of esters is 1. The van der Waals surface area contributed by atoms with E-state index in [1.165, 1.54) is 13.0 Å². The van der Waals surface area contributed by atoms with Gasteiger partial charge in [0, 0.05) is 23.2 Å². The molecule has 0 bridgehead atoms. The molecule has 0 spiro atoms. The minimum absolute atomic E-state index is 0.280. The van der Waals surface area contributed by atoms with Crippen LogP contribution in [0.15, 0.2) is 48.5 Å². The Balaban J connectivity index is 1.86. The largest absolute Gasteiger partial charge is 0.496 e. The number of rotatable bonds is 7. The molecule has 2 aromatic rings. The van der Waals surface area contributed by atoms with Crippen molar-refractivity contribution in [3.8, 4) is 5.75 Å². The van der Waals surface area contributed by atoms with E-state index in [0.717, 1.165) is 16.7 Å². The zero-order valence-electron chi connectivity index (χ0n) is 15.5. The SMILES string of the molecule is COc1ccccc1CNC(=O)[C@H](C)OC(=O)/C=C/c1ccc(C)c(Cl)c1. The average Bonchev–Trinajstić information content (AvgIpc) is 2.67. The smallest absolute Gasteiger partial charge is 0.331 e. The fourth-order valence-electron chi connectivity index (χ4n) is 2.32. The van der Waals surface area contributed by atoms with E-state index in [1.54, 1.807) is 19.3 Å². The van der Waals surface area contributed by atoms with Crippen LogP contribution in [0.2, 0.25) is 5.02 Å². The number of ether oxygens (including phenoxy) is 2. The molecule has 0 aliphatic heterocycles. The number of hydrogen-bond acceptors (Lipinski definition) is 4. The van der Waals surface area contributed by atoms with Gasteiger partial charge in [0.1, 0.15) is 5.75 Å². The molecule has 142 valence electrons. The zero-order valence-corrected chi connectivity index (χ0v) is 16.2. The van der Waals surface area contributed by atoms with E-state index < -0.39 is 12.1 Å². The van der Waals surface area contributed by atoms with Gasteiger partial charge in [0.05, 0.1) is 7.11 Å². The number of halogens is 1. The van der Waals surface area contributed by atoms with E-state index >= 15 is 0 Å². The van der Waals surface area contributed by atoms with E-state index in [-0.39, 0.29) is 12.5 Å². The van der Waals surface area contributed by atoms with Gasteiger partial charge in [-0.15, -0.1) is 0 Å². The Bertz CT molecular complexity index is 848. The number of methoxy groups -OCH3 is 1. The van der Waals surface area contributed by atoms with Gasteiger partial charge in [-0.25, -0.2) is 4.79 Å². The second-order valence-electron chi connectivity index (χ2n) is 5.95. The Labute approximate surface area is 163 Å². The van der Waals surface area contributed by atoms with E-state index in [2.05, 4.69) is 5.32 Å². The summed E-state index contributed by atoms with van der Waals surface area (Å²) in [5, 5.41) is 3.35. The van der Waals surface area contributed by atoms with Gasteiger partial charge in [0.2, 0.25) is 0 Å². The van der Waals surface area contributed by atoms with Crippen molar-refractivity contribution in [2.45, 2.75) is 26.5 Å². The number of aryl methyl sites for hydroxylation is 1. The molecule has 0 radical (unpaired) electrons. The van der Waals surface area contributed by atoms with Crippen LogP contribution in [0.4, 0.5) is 0 Å². The number of nitrogens with one attached hydrogen (secondary N) is 1. The van der Waals surface area contributed by atoms with E-state index in [1.807, 2.05) is 43.3 Å².